The maximum absolute atomic E-state index is 12.7. The van der Waals surface area contributed by atoms with Crippen molar-refractivity contribution in [3.8, 4) is 0 Å². The lowest BCUT2D eigenvalue weighted by Crippen LogP contribution is -2.45. The molecule has 0 aromatic carbocycles. The van der Waals surface area contributed by atoms with Gasteiger partial charge in [0.2, 0.25) is 5.91 Å². The molecule has 0 aromatic heterocycles. The summed E-state index contributed by atoms with van der Waals surface area (Å²) in [5.41, 5.74) is 0. The monoisotopic (exact) mass is 619 g/mol. The van der Waals surface area contributed by atoms with Gasteiger partial charge in [-0.2, -0.15) is 0 Å². The van der Waals surface area contributed by atoms with Gasteiger partial charge in [0.1, 0.15) is 13.2 Å². The van der Waals surface area contributed by atoms with Gasteiger partial charge in [0.15, 0.2) is 0 Å². The molecule has 1 unspecified atom stereocenters. The van der Waals surface area contributed by atoms with Crippen LogP contribution in [0.4, 0.5) is 0 Å². The zero-order valence-corrected chi connectivity index (χ0v) is 28.9. The molecule has 0 rings (SSSR count). The lowest BCUT2D eigenvalue weighted by Gasteiger charge is -2.25. The van der Waals surface area contributed by atoms with E-state index in [1.54, 1.807) is 6.08 Å². The maximum Gasteiger partial charge on any atom is 0.472 e. The third-order valence-electron chi connectivity index (χ3n) is 7.51. The van der Waals surface area contributed by atoms with Gasteiger partial charge in [0.05, 0.1) is 39.9 Å². The van der Waals surface area contributed by atoms with Crippen LogP contribution in [0.5, 0.6) is 0 Å². The number of carbonyl (C=O) groups excluding carboxylic acids is 1. The van der Waals surface area contributed by atoms with Crippen LogP contribution < -0.4 is 5.32 Å². The van der Waals surface area contributed by atoms with Crippen molar-refractivity contribution < 1.29 is 32.9 Å². The summed E-state index contributed by atoms with van der Waals surface area (Å²) in [7, 11) is 1.57. The number of phosphoric ester groups is 1. The summed E-state index contributed by atoms with van der Waals surface area (Å²) in [4.78, 5) is 22.8. The zero-order chi connectivity index (χ0) is 31.5. The summed E-state index contributed by atoms with van der Waals surface area (Å²) in [6.45, 7) is 4.75. The number of aliphatic hydroxyl groups is 1. The Morgan fingerprint density at radius 2 is 1.26 bits per heavy atom. The Morgan fingerprint density at radius 3 is 1.76 bits per heavy atom. The number of quaternary nitrogens is 1. The van der Waals surface area contributed by atoms with E-state index in [9.17, 15) is 19.4 Å². The van der Waals surface area contributed by atoms with E-state index in [0.717, 1.165) is 38.5 Å². The summed E-state index contributed by atoms with van der Waals surface area (Å²) in [5, 5.41) is 13.6. The largest absolute Gasteiger partial charge is 0.472 e. The van der Waals surface area contributed by atoms with Gasteiger partial charge >= 0.3 is 7.82 Å². The second-order valence-electron chi connectivity index (χ2n) is 12.9. The standard InChI is InChI=1S/C33H67N2O6P/c1-6-8-10-12-14-16-17-19-20-22-24-26-32(36)31(30-41-42(38,39)40-29-28-35(3,4)5)34-33(37)27-25-23-21-18-15-13-11-9-7-2/h24,26,31-32,36H,6-23,25,27-30H2,1-5H3,(H-,34,37,38,39)/p+1/b26-24+/t31-,32+/m0/s1. The molecule has 0 bridgehead atoms. The second kappa shape index (κ2) is 26.6. The van der Waals surface area contributed by atoms with E-state index in [2.05, 4.69) is 19.2 Å². The molecular formula is C33H68N2O6P+. The highest BCUT2D eigenvalue weighted by molar-refractivity contribution is 7.47. The molecule has 42 heavy (non-hydrogen) atoms. The lowest BCUT2D eigenvalue weighted by molar-refractivity contribution is -0.870. The van der Waals surface area contributed by atoms with Gasteiger partial charge in [-0.25, -0.2) is 4.57 Å². The van der Waals surface area contributed by atoms with Crippen molar-refractivity contribution in [2.45, 2.75) is 154 Å². The van der Waals surface area contributed by atoms with Gasteiger partial charge in [-0.1, -0.05) is 129 Å². The molecule has 3 N–H and O–H groups in total. The van der Waals surface area contributed by atoms with Crippen LogP contribution in [0.25, 0.3) is 0 Å². The minimum absolute atomic E-state index is 0.0636. The lowest BCUT2D eigenvalue weighted by atomic mass is 10.1. The number of nitrogens with zero attached hydrogens (tertiary/aromatic N) is 1. The molecule has 0 saturated carbocycles. The van der Waals surface area contributed by atoms with Gasteiger partial charge in [0, 0.05) is 6.42 Å². The summed E-state index contributed by atoms with van der Waals surface area (Å²) in [5.74, 6) is -0.184. The molecule has 8 nitrogen and oxygen atoms in total. The van der Waals surface area contributed by atoms with Crippen molar-refractivity contribution in [3.05, 3.63) is 12.2 Å². The van der Waals surface area contributed by atoms with E-state index >= 15 is 0 Å². The number of allylic oxidation sites excluding steroid dienone is 1. The molecule has 3 atom stereocenters. The van der Waals surface area contributed by atoms with Crippen molar-refractivity contribution in [1.29, 1.82) is 0 Å². The molecule has 9 heteroatoms. The highest BCUT2D eigenvalue weighted by Crippen LogP contribution is 2.43. The molecule has 0 saturated heterocycles. The Morgan fingerprint density at radius 1 is 0.786 bits per heavy atom. The fraction of sp³-hybridized carbons (Fsp3) is 0.909. The van der Waals surface area contributed by atoms with Gasteiger partial charge in [-0.3, -0.25) is 13.8 Å². The Bertz CT molecular complexity index is 713. The van der Waals surface area contributed by atoms with Crippen LogP contribution in [0.2, 0.25) is 0 Å². The van der Waals surface area contributed by atoms with E-state index in [-0.39, 0.29) is 19.1 Å². The number of hydrogen-bond donors (Lipinski definition) is 3. The summed E-state index contributed by atoms with van der Waals surface area (Å²) in [6, 6.07) is -0.835. The average molecular weight is 620 g/mol. The van der Waals surface area contributed by atoms with E-state index < -0.39 is 20.0 Å². The number of nitrogens with one attached hydrogen (secondary N) is 1. The first kappa shape index (κ1) is 41.2. The van der Waals surface area contributed by atoms with Gasteiger partial charge < -0.3 is 19.8 Å². The van der Waals surface area contributed by atoms with Gasteiger partial charge in [-0.15, -0.1) is 0 Å². The number of unbranched alkanes of at least 4 members (excludes halogenated alkanes) is 17. The van der Waals surface area contributed by atoms with E-state index in [4.69, 9.17) is 9.05 Å². The fourth-order valence-electron chi connectivity index (χ4n) is 4.69. The number of hydrogen-bond acceptors (Lipinski definition) is 5. The third kappa shape index (κ3) is 28.0. The molecule has 250 valence electrons. The number of aliphatic hydroxyl groups excluding tert-OH is 1. The number of phosphoric acid groups is 1. The molecule has 1 amide bonds. The molecule has 0 aromatic rings. The summed E-state index contributed by atoms with van der Waals surface area (Å²) < 4.78 is 23.3. The Labute approximate surface area is 259 Å². The predicted octanol–water partition coefficient (Wildman–Crippen LogP) is 8.07. The van der Waals surface area contributed by atoms with E-state index in [1.165, 1.54) is 83.5 Å². The minimum Gasteiger partial charge on any atom is -0.387 e. The predicted molar refractivity (Wildman–Crippen MR) is 175 cm³/mol. The maximum atomic E-state index is 12.7. The van der Waals surface area contributed by atoms with E-state index in [1.807, 2.05) is 27.2 Å². The first-order chi connectivity index (χ1) is 20.0. The average Bonchev–Trinajstić information content (AvgIpc) is 2.92. The van der Waals surface area contributed by atoms with Crippen molar-refractivity contribution in [1.82, 2.24) is 5.32 Å². The zero-order valence-electron chi connectivity index (χ0n) is 28.0. The van der Waals surface area contributed by atoms with Crippen LogP contribution in [-0.4, -0.2) is 73.4 Å². The highest BCUT2D eigenvalue weighted by atomic mass is 31.2. The first-order valence-corrected chi connectivity index (χ1v) is 18.6. The van der Waals surface area contributed by atoms with Crippen molar-refractivity contribution in [3.63, 3.8) is 0 Å². The summed E-state index contributed by atoms with van der Waals surface area (Å²) in [6.07, 6.45) is 25.6. The first-order valence-electron chi connectivity index (χ1n) is 17.1. The van der Waals surface area contributed by atoms with Crippen molar-refractivity contribution in [2.75, 3.05) is 40.9 Å². The molecule has 0 aliphatic heterocycles. The van der Waals surface area contributed by atoms with Crippen LogP contribution >= 0.6 is 7.82 Å². The minimum atomic E-state index is -4.31. The Kier molecular flexibility index (Phi) is 26.1. The van der Waals surface area contributed by atoms with Crippen LogP contribution in [0.3, 0.4) is 0 Å². The van der Waals surface area contributed by atoms with Crippen LogP contribution in [0.15, 0.2) is 12.2 Å². The van der Waals surface area contributed by atoms with Gasteiger partial charge in [0.25, 0.3) is 0 Å². The number of amides is 1. The number of likely N-dealkylation sites (N-methyl/N-ethyl adjacent to an activating group) is 1. The number of rotatable bonds is 30. The quantitative estimate of drug-likeness (QED) is 0.0325. The second-order valence-corrected chi connectivity index (χ2v) is 14.4. The highest BCUT2D eigenvalue weighted by Gasteiger charge is 2.27. The topological polar surface area (TPSA) is 105 Å². The summed E-state index contributed by atoms with van der Waals surface area (Å²) >= 11 is 0. The molecule has 0 fully saturated rings. The smallest absolute Gasteiger partial charge is 0.387 e. The molecule has 0 radical (unpaired) electrons. The third-order valence-corrected chi connectivity index (χ3v) is 8.49. The normalized spacial score (nSPS) is 15.1. The molecule has 0 spiro atoms. The fourth-order valence-corrected chi connectivity index (χ4v) is 5.42. The molecule has 0 heterocycles. The molecular weight excluding hydrogens is 551 g/mol. The van der Waals surface area contributed by atoms with Crippen molar-refractivity contribution >= 4 is 13.7 Å². The van der Waals surface area contributed by atoms with Crippen LogP contribution in [0, 0.1) is 0 Å². The van der Waals surface area contributed by atoms with Crippen LogP contribution in [-0.2, 0) is 18.4 Å². The Balaban J connectivity index is 4.63. The van der Waals surface area contributed by atoms with E-state index in [0.29, 0.717) is 17.4 Å². The van der Waals surface area contributed by atoms with Gasteiger partial charge in [-0.05, 0) is 19.3 Å². The van der Waals surface area contributed by atoms with Crippen molar-refractivity contribution in [2.24, 2.45) is 0 Å². The number of carbonyl (C=O) groups is 1. The molecule has 0 aliphatic rings. The Hall–Kier alpha value is -0.760. The molecule has 0 aliphatic carbocycles. The van der Waals surface area contributed by atoms with Crippen LogP contribution in [0.1, 0.15) is 142 Å². The SMILES string of the molecule is CCCCCCCCCCC/C=C/[C@@H](O)[C@H](COP(=O)(O)OCC[N+](C)(C)C)NC(=O)CCCCCCCCCCC.